The van der Waals surface area contributed by atoms with Crippen molar-refractivity contribution in [1.29, 1.82) is 0 Å². The third-order valence-corrected chi connectivity index (χ3v) is 2.81. The Balaban J connectivity index is 0.00000162. The van der Waals surface area contributed by atoms with Crippen molar-refractivity contribution in [3.63, 3.8) is 0 Å². The van der Waals surface area contributed by atoms with Crippen molar-refractivity contribution >= 4 is 24.0 Å². The van der Waals surface area contributed by atoms with Crippen LogP contribution < -0.4 is 16.2 Å². The molecular formula is C12H18ClN3O2. The Morgan fingerprint density at radius 3 is 2.89 bits per heavy atom. The fourth-order valence-electron chi connectivity index (χ4n) is 1.60. The molecule has 1 aromatic rings. The van der Waals surface area contributed by atoms with Gasteiger partial charge in [0.25, 0.3) is 5.56 Å². The summed E-state index contributed by atoms with van der Waals surface area (Å²) in [5.74, 6) is 0.571. The summed E-state index contributed by atoms with van der Waals surface area (Å²) in [5.41, 5.74) is 0.135. The van der Waals surface area contributed by atoms with E-state index in [-0.39, 0.29) is 30.4 Å². The fraction of sp³-hybridized carbons (Fsp3) is 0.500. The van der Waals surface area contributed by atoms with Crippen molar-refractivity contribution in [2.45, 2.75) is 12.8 Å². The van der Waals surface area contributed by atoms with E-state index in [2.05, 4.69) is 10.6 Å². The van der Waals surface area contributed by atoms with Gasteiger partial charge in [0.1, 0.15) is 5.69 Å². The van der Waals surface area contributed by atoms with Gasteiger partial charge >= 0.3 is 0 Å². The number of carbonyl (C=O) groups excluding carboxylic acids is 1. The van der Waals surface area contributed by atoms with Crippen molar-refractivity contribution in [2.75, 3.05) is 18.4 Å². The zero-order valence-electron chi connectivity index (χ0n) is 10.3. The Labute approximate surface area is 112 Å². The molecule has 0 aliphatic heterocycles. The molecule has 18 heavy (non-hydrogen) atoms. The minimum Gasteiger partial charge on any atom is -0.320 e. The van der Waals surface area contributed by atoms with Crippen LogP contribution in [0, 0.1) is 5.92 Å². The molecule has 2 N–H and O–H groups in total. The maximum Gasteiger partial charge on any atom is 0.274 e. The fourth-order valence-corrected chi connectivity index (χ4v) is 1.60. The zero-order chi connectivity index (χ0) is 12.3. The van der Waals surface area contributed by atoms with E-state index in [1.54, 1.807) is 25.4 Å². The summed E-state index contributed by atoms with van der Waals surface area (Å²) in [6.07, 6.45) is 4.17. The molecule has 1 fully saturated rings. The Hall–Kier alpha value is -1.33. The maximum absolute atomic E-state index is 11.6. The maximum atomic E-state index is 11.6. The van der Waals surface area contributed by atoms with Crippen LogP contribution in [-0.4, -0.2) is 23.6 Å². The minimum atomic E-state index is -0.192. The largest absolute Gasteiger partial charge is 0.320 e. The number of aryl methyl sites for hydroxylation is 1. The number of pyridine rings is 1. The molecule has 0 saturated heterocycles. The zero-order valence-corrected chi connectivity index (χ0v) is 11.1. The Morgan fingerprint density at radius 1 is 1.50 bits per heavy atom. The van der Waals surface area contributed by atoms with Gasteiger partial charge in [-0.1, -0.05) is 0 Å². The normalized spacial score (nSPS) is 13.8. The Morgan fingerprint density at radius 2 is 2.22 bits per heavy atom. The molecule has 0 unspecified atom stereocenters. The molecule has 1 aromatic heterocycles. The number of aromatic nitrogens is 1. The highest BCUT2D eigenvalue weighted by Crippen LogP contribution is 2.27. The monoisotopic (exact) mass is 271 g/mol. The van der Waals surface area contributed by atoms with Crippen LogP contribution >= 0.6 is 12.4 Å². The lowest BCUT2D eigenvalue weighted by Gasteiger charge is -2.06. The van der Waals surface area contributed by atoms with Gasteiger partial charge in [-0.05, 0) is 37.4 Å². The van der Waals surface area contributed by atoms with E-state index in [1.165, 1.54) is 17.4 Å². The molecule has 1 heterocycles. The number of nitrogens with zero attached hydrogens (tertiary/aromatic N) is 1. The molecule has 100 valence electrons. The summed E-state index contributed by atoms with van der Waals surface area (Å²) in [4.78, 5) is 23.2. The minimum absolute atomic E-state index is 0. The van der Waals surface area contributed by atoms with E-state index in [0.29, 0.717) is 5.69 Å². The van der Waals surface area contributed by atoms with Gasteiger partial charge in [0.2, 0.25) is 5.91 Å². The Bertz CT molecular complexity index is 469. The van der Waals surface area contributed by atoms with E-state index in [1.807, 2.05) is 0 Å². The number of hydrogen-bond acceptors (Lipinski definition) is 3. The second-order valence-corrected chi connectivity index (χ2v) is 4.46. The van der Waals surface area contributed by atoms with E-state index < -0.39 is 0 Å². The molecule has 0 aromatic carbocycles. The smallest absolute Gasteiger partial charge is 0.274 e. The first kappa shape index (κ1) is 14.7. The lowest BCUT2D eigenvalue weighted by molar-refractivity contribution is -0.115. The predicted octanol–water partition coefficient (Wildman–Crippen LogP) is 0.745. The number of anilines is 1. The van der Waals surface area contributed by atoms with Crippen molar-refractivity contribution in [3.05, 3.63) is 28.7 Å². The molecule has 1 saturated carbocycles. The Kier molecular flexibility index (Phi) is 5.37. The second-order valence-electron chi connectivity index (χ2n) is 4.46. The molecule has 0 bridgehead atoms. The van der Waals surface area contributed by atoms with Gasteiger partial charge < -0.3 is 15.2 Å². The second kappa shape index (κ2) is 6.56. The number of amides is 1. The highest BCUT2D eigenvalue weighted by atomic mass is 35.5. The first-order valence-electron chi connectivity index (χ1n) is 5.83. The number of nitrogens with one attached hydrogen (secondary N) is 2. The van der Waals surface area contributed by atoms with Gasteiger partial charge in [-0.2, -0.15) is 0 Å². The average molecular weight is 272 g/mol. The summed E-state index contributed by atoms with van der Waals surface area (Å²) in [6.45, 7) is 1.15. The number of rotatable bonds is 5. The lowest BCUT2D eigenvalue weighted by Crippen LogP contribution is -2.32. The molecule has 6 heteroatoms. The molecule has 1 aliphatic carbocycles. The van der Waals surface area contributed by atoms with Crippen LogP contribution in [0.1, 0.15) is 12.8 Å². The van der Waals surface area contributed by atoms with E-state index in [9.17, 15) is 9.59 Å². The van der Waals surface area contributed by atoms with E-state index in [0.717, 1.165) is 12.5 Å². The van der Waals surface area contributed by atoms with Crippen molar-refractivity contribution < 1.29 is 4.79 Å². The molecule has 5 nitrogen and oxygen atoms in total. The molecule has 2 rings (SSSR count). The average Bonchev–Trinajstić information content (AvgIpc) is 3.09. The predicted molar refractivity (Wildman–Crippen MR) is 73.2 cm³/mol. The van der Waals surface area contributed by atoms with Gasteiger partial charge in [-0.3, -0.25) is 9.59 Å². The number of hydrogen-bond donors (Lipinski definition) is 2. The summed E-state index contributed by atoms with van der Waals surface area (Å²) in [5, 5.41) is 5.69. The van der Waals surface area contributed by atoms with E-state index >= 15 is 0 Å². The van der Waals surface area contributed by atoms with Crippen LogP contribution in [0.2, 0.25) is 0 Å². The van der Waals surface area contributed by atoms with Crippen LogP contribution in [0.15, 0.2) is 23.1 Å². The summed E-state index contributed by atoms with van der Waals surface area (Å²) >= 11 is 0. The number of carbonyl (C=O) groups is 1. The lowest BCUT2D eigenvalue weighted by atomic mass is 10.4. The van der Waals surface area contributed by atoms with Crippen LogP contribution in [0.3, 0.4) is 0 Å². The molecule has 0 radical (unpaired) electrons. The molecule has 1 amide bonds. The van der Waals surface area contributed by atoms with Gasteiger partial charge in [0, 0.05) is 13.2 Å². The van der Waals surface area contributed by atoms with Gasteiger partial charge in [-0.25, -0.2) is 0 Å². The molecule has 0 atom stereocenters. The first-order valence-corrected chi connectivity index (χ1v) is 5.83. The van der Waals surface area contributed by atoms with Crippen molar-refractivity contribution in [1.82, 2.24) is 9.88 Å². The highest BCUT2D eigenvalue weighted by molar-refractivity contribution is 5.92. The SMILES string of the molecule is Cl.Cn1cccc(NC(=O)CNCC2CC2)c1=O. The molecular weight excluding hydrogens is 254 g/mol. The topological polar surface area (TPSA) is 63.1 Å². The van der Waals surface area contributed by atoms with Crippen molar-refractivity contribution in [2.24, 2.45) is 13.0 Å². The van der Waals surface area contributed by atoms with E-state index in [4.69, 9.17) is 0 Å². The molecule has 0 spiro atoms. The first-order chi connectivity index (χ1) is 8.16. The standard InChI is InChI=1S/C12H17N3O2.ClH/c1-15-6-2-3-10(12(15)17)14-11(16)8-13-7-9-4-5-9;/h2-3,6,9,13H,4-5,7-8H2,1H3,(H,14,16);1H. The summed E-state index contributed by atoms with van der Waals surface area (Å²) in [7, 11) is 1.66. The molecule has 1 aliphatic rings. The van der Waals surface area contributed by atoms with Crippen LogP contribution in [0.4, 0.5) is 5.69 Å². The third-order valence-electron chi connectivity index (χ3n) is 2.81. The van der Waals surface area contributed by atoms with Gasteiger partial charge in [-0.15, -0.1) is 12.4 Å². The number of halogens is 1. The van der Waals surface area contributed by atoms with Crippen LogP contribution in [-0.2, 0) is 11.8 Å². The summed E-state index contributed by atoms with van der Waals surface area (Å²) < 4.78 is 1.44. The van der Waals surface area contributed by atoms with Crippen molar-refractivity contribution in [3.8, 4) is 0 Å². The van der Waals surface area contributed by atoms with Gasteiger partial charge in [0.15, 0.2) is 0 Å². The highest BCUT2D eigenvalue weighted by Gasteiger charge is 2.20. The van der Waals surface area contributed by atoms with Crippen LogP contribution in [0.5, 0.6) is 0 Å². The summed E-state index contributed by atoms with van der Waals surface area (Å²) in [6, 6.07) is 3.34. The quantitative estimate of drug-likeness (QED) is 0.831. The van der Waals surface area contributed by atoms with Crippen LogP contribution in [0.25, 0.3) is 0 Å². The third kappa shape index (κ3) is 4.16. The van der Waals surface area contributed by atoms with Gasteiger partial charge in [0.05, 0.1) is 6.54 Å².